The van der Waals surface area contributed by atoms with E-state index in [9.17, 15) is 9.90 Å². The van der Waals surface area contributed by atoms with Crippen molar-refractivity contribution in [3.63, 3.8) is 0 Å². The normalized spacial score (nSPS) is 15.8. The highest BCUT2D eigenvalue weighted by Gasteiger charge is 2.24. The Bertz CT molecular complexity index is 476. The number of hydrogen-bond acceptors (Lipinski definition) is 3. The molecule has 0 unspecified atom stereocenters. The molecule has 0 heterocycles. The Kier molecular flexibility index (Phi) is 4.69. The van der Waals surface area contributed by atoms with Crippen LogP contribution in [0.2, 0.25) is 0 Å². The number of phenolic OH excluding ortho intramolecular Hbond substituents is 1. The van der Waals surface area contributed by atoms with Crippen molar-refractivity contribution >= 4 is 11.5 Å². The zero-order valence-electron chi connectivity index (χ0n) is 12.7. The van der Waals surface area contributed by atoms with Crippen LogP contribution in [0, 0.1) is 5.92 Å². The van der Waals surface area contributed by atoms with E-state index in [4.69, 9.17) is 0 Å². The molecule has 1 aliphatic rings. The molecule has 1 saturated carbocycles. The van der Waals surface area contributed by atoms with Crippen molar-refractivity contribution < 1.29 is 9.90 Å². The van der Waals surface area contributed by atoms with Crippen LogP contribution in [0.4, 0.5) is 5.69 Å². The lowest BCUT2D eigenvalue weighted by molar-refractivity contribution is 0.101. The molecule has 0 saturated heterocycles. The van der Waals surface area contributed by atoms with Crippen LogP contribution in [0.25, 0.3) is 0 Å². The molecular formula is C17H25NO2. The maximum atomic E-state index is 11.4. The van der Waals surface area contributed by atoms with E-state index in [1.165, 1.54) is 32.6 Å². The van der Waals surface area contributed by atoms with E-state index in [1.54, 1.807) is 12.1 Å². The first-order valence-corrected chi connectivity index (χ1v) is 7.59. The quantitative estimate of drug-likeness (QED) is 0.826. The molecular weight excluding hydrogens is 250 g/mol. The highest BCUT2D eigenvalue weighted by molar-refractivity contribution is 5.97. The molecule has 0 radical (unpaired) electrons. The van der Waals surface area contributed by atoms with Gasteiger partial charge in [0.15, 0.2) is 5.78 Å². The molecule has 1 aliphatic carbocycles. The minimum atomic E-state index is -0.0923. The van der Waals surface area contributed by atoms with Crippen LogP contribution >= 0.6 is 0 Å². The molecule has 1 aromatic rings. The summed E-state index contributed by atoms with van der Waals surface area (Å²) in [5.41, 5.74) is 1.44. The van der Waals surface area contributed by atoms with Gasteiger partial charge in [-0.15, -0.1) is 0 Å². The van der Waals surface area contributed by atoms with Gasteiger partial charge in [-0.25, -0.2) is 0 Å². The fourth-order valence-corrected chi connectivity index (χ4v) is 3.07. The van der Waals surface area contributed by atoms with Crippen LogP contribution in [0.3, 0.4) is 0 Å². The molecule has 1 aromatic carbocycles. The number of aromatic hydroxyl groups is 1. The van der Waals surface area contributed by atoms with E-state index >= 15 is 0 Å². The molecule has 1 N–H and O–H groups in total. The minimum Gasteiger partial charge on any atom is -0.507 e. The van der Waals surface area contributed by atoms with Crippen molar-refractivity contribution in [3.8, 4) is 5.75 Å². The second kappa shape index (κ2) is 6.29. The Morgan fingerprint density at radius 1 is 1.35 bits per heavy atom. The zero-order chi connectivity index (χ0) is 14.7. The number of Topliss-reactive ketones (excluding diaryl/α,β-unsaturated/α-hetero) is 1. The van der Waals surface area contributed by atoms with Crippen molar-refractivity contribution in [2.75, 3.05) is 11.4 Å². The molecule has 0 aromatic heterocycles. The Morgan fingerprint density at radius 3 is 2.50 bits per heavy atom. The summed E-state index contributed by atoms with van der Waals surface area (Å²) in [4.78, 5) is 13.8. The average Bonchev–Trinajstić information content (AvgIpc) is 2.88. The molecule has 0 aliphatic heterocycles. The summed E-state index contributed by atoms with van der Waals surface area (Å²) in [6, 6.07) is 6.03. The third-order valence-electron chi connectivity index (χ3n) is 4.02. The van der Waals surface area contributed by atoms with Gasteiger partial charge >= 0.3 is 0 Å². The highest BCUT2D eigenvalue weighted by atomic mass is 16.3. The fourth-order valence-electron chi connectivity index (χ4n) is 3.07. The largest absolute Gasteiger partial charge is 0.507 e. The van der Waals surface area contributed by atoms with Gasteiger partial charge in [0.25, 0.3) is 0 Å². The first kappa shape index (κ1) is 14.9. The van der Waals surface area contributed by atoms with Crippen LogP contribution in [-0.4, -0.2) is 23.5 Å². The summed E-state index contributed by atoms with van der Waals surface area (Å²) in [5, 5.41) is 10.0. The number of carbonyl (C=O) groups excluding carboxylic acids is 1. The van der Waals surface area contributed by atoms with Crippen molar-refractivity contribution in [3.05, 3.63) is 23.8 Å². The topological polar surface area (TPSA) is 40.5 Å². The number of anilines is 1. The third-order valence-corrected chi connectivity index (χ3v) is 4.02. The minimum absolute atomic E-state index is 0.0923. The number of hydrogen-bond donors (Lipinski definition) is 1. The van der Waals surface area contributed by atoms with Gasteiger partial charge in [-0.2, -0.15) is 0 Å². The Hall–Kier alpha value is -1.51. The van der Waals surface area contributed by atoms with Crippen LogP contribution in [-0.2, 0) is 0 Å². The van der Waals surface area contributed by atoms with Crippen molar-refractivity contribution in [2.45, 2.75) is 52.5 Å². The Balaban J connectivity index is 2.28. The number of ketones is 1. The standard InChI is InChI=1S/C17H25NO2/c1-12(2)11-18(14-6-4-5-7-14)15-8-9-16(13(3)19)17(20)10-15/h8-10,12,14,20H,4-7,11H2,1-3H3. The van der Waals surface area contributed by atoms with Gasteiger partial charge in [-0.3, -0.25) is 4.79 Å². The number of phenols is 1. The summed E-state index contributed by atoms with van der Waals surface area (Å²) in [7, 11) is 0. The molecule has 0 amide bonds. The lowest BCUT2D eigenvalue weighted by Gasteiger charge is -2.33. The first-order valence-electron chi connectivity index (χ1n) is 7.59. The fraction of sp³-hybridized carbons (Fsp3) is 0.588. The van der Waals surface area contributed by atoms with Gasteiger partial charge in [0, 0.05) is 24.3 Å². The van der Waals surface area contributed by atoms with E-state index in [-0.39, 0.29) is 11.5 Å². The molecule has 0 spiro atoms. The van der Waals surface area contributed by atoms with E-state index in [0.29, 0.717) is 17.5 Å². The number of rotatable bonds is 5. The third kappa shape index (κ3) is 3.33. The maximum absolute atomic E-state index is 11.4. The second-order valence-electron chi connectivity index (χ2n) is 6.24. The summed E-state index contributed by atoms with van der Waals surface area (Å²) in [5.74, 6) is 0.581. The molecule has 3 nitrogen and oxygen atoms in total. The van der Waals surface area contributed by atoms with Gasteiger partial charge in [0.1, 0.15) is 5.75 Å². The van der Waals surface area contributed by atoms with Gasteiger partial charge in [-0.05, 0) is 37.8 Å². The monoisotopic (exact) mass is 275 g/mol. The van der Waals surface area contributed by atoms with Crippen LogP contribution in [0.5, 0.6) is 5.75 Å². The lowest BCUT2D eigenvalue weighted by Crippen LogP contribution is -2.36. The number of carbonyl (C=O) groups is 1. The highest BCUT2D eigenvalue weighted by Crippen LogP contribution is 2.32. The number of nitrogens with zero attached hydrogens (tertiary/aromatic N) is 1. The molecule has 110 valence electrons. The van der Waals surface area contributed by atoms with Gasteiger partial charge in [0.2, 0.25) is 0 Å². The number of benzene rings is 1. The van der Waals surface area contributed by atoms with Gasteiger partial charge in [0.05, 0.1) is 5.56 Å². The van der Waals surface area contributed by atoms with Crippen LogP contribution in [0.1, 0.15) is 56.8 Å². The molecule has 0 atom stereocenters. The van der Waals surface area contributed by atoms with E-state index in [1.807, 2.05) is 6.07 Å². The molecule has 20 heavy (non-hydrogen) atoms. The zero-order valence-corrected chi connectivity index (χ0v) is 12.7. The second-order valence-corrected chi connectivity index (χ2v) is 6.24. The summed E-state index contributed by atoms with van der Waals surface area (Å²) >= 11 is 0. The molecule has 0 bridgehead atoms. The average molecular weight is 275 g/mol. The Labute approximate surface area is 121 Å². The van der Waals surface area contributed by atoms with Crippen LogP contribution < -0.4 is 4.90 Å². The van der Waals surface area contributed by atoms with E-state index < -0.39 is 0 Å². The summed E-state index contributed by atoms with van der Waals surface area (Å²) in [6.07, 6.45) is 5.03. The van der Waals surface area contributed by atoms with Crippen molar-refractivity contribution in [2.24, 2.45) is 5.92 Å². The predicted molar refractivity (Wildman–Crippen MR) is 82.6 cm³/mol. The molecule has 1 fully saturated rings. The molecule has 3 heteroatoms. The van der Waals surface area contributed by atoms with E-state index in [2.05, 4.69) is 18.7 Å². The van der Waals surface area contributed by atoms with E-state index in [0.717, 1.165) is 12.2 Å². The maximum Gasteiger partial charge on any atom is 0.163 e. The molecule has 2 rings (SSSR count). The SMILES string of the molecule is CC(=O)c1ccc(N(CC(C)C)C2CCCC2)cc1O. The van der Waals surface area contributed by atoms with Gasteiger partial charge < -0.3 is 10.0 Å². The summed E-state index contributed by atoms with van der Waals surface area (Å²) < 4.78 is 0. The van der Waals surface area contributed by atoms with Crippen molar-refractivity contribution in [1.82, 2.24) is 0 Å². The predicted octanol–water partition coefficient (Wildman–Crippen LogP) is 4.00. The van der Waals surface area contributed by atoms with Crippen LogP contribution in [0.15, 0.2) is 18.2 Å². The first-order chi connectivity index (χ1) is 9.49. The van der Waals surface area contributed by atoms with Crippen molar-refractivity contribution in [1.29, 1.82) is 0 Å². The Morgan fingerprint density at radius 2 is 2.00 bits per heavy atom. The smallest absolute Gasteiger partial charge is 0.163 e. The summed E-state index contributed by atoms with van der Waals surface area (Å²) in [6.45, 7) is 6.90. The van der Waals surface area contributed by atoms with Gasteiger partial charge in [-0.1, -0.05) is 26.7 Å². The lowest BCUT2D eigenvalue weighted by atomic mass is 10.1.